The number of sulfonamides is 1. The lowest BCUT2D eigenvalue weighted by Gasteiger charge is -2.28. The molecule has 0 N–H and O–H groups in total. The predicted molar refractivity (Wildman–Crippen MR) is 85.2 cm³/mol. The molecule has 0 aliphatic carbocycles. The predicted octanol–water partition coefficient (Wildman–Crippen LogP) is 2.43. The Morgan fingerprint density at radius 3 is 3.00 bits per heavy atom. The molecule has 0 fully saturated rings. The van der Waals surface area contributed by atoms with Crippen LogP contribution in [0.2, 0.25) is 0 Å². The Morgan fingerprint density at radius 2 is 2.27 bits per heavy atom. The van der Waals surface area contributed by atoms with Gasteiger partial charge in [0, 0.05) is 32.1 Å². The normalized spacial score (nSPS) is 15.7. The number of nitrogens with zero attached hydrogens (tertiary/aromatic N) is 2. The Morgan fingerprint density at radius 1 is 1.41 bits per heavy atom. The molecule has 0 radical (unpaired) electrons. The molecule has 3 heterocycles. The average Bonchev–Trinajstić information content (AvgIpc) is 3.07. The second-order valence-electron chi connectivity index (χ2n) is 5.09. The van der Waals surface area contributed by atoms with Gasteiger partial charge in [0.15, 0.2) is 0 Å². The van der Waals surface area contributed by atoms with Crippen LogP contribution in [0, 0.1) is 0 Å². The van der Waals surface area contributed by atoms with Crippen LogP contribution in [0.4, 0.5) is 0 Å². The fraction of sp³-hybridized carbons (Fsp3) is 0.400. The van der Waals surface area contributed by atoms with Crippen molar-refractivity contribution in [3.05, 3.63) is 46.6 Å². The zero-order valence-corrected chi connectivity index (χ0v) is 14.0. The van der Waals surface area contributed by atoms with Crippen LogP contribution in [0.1, 0.15) is 23.6 Å². The van der Waals surface area contributed by atoms with Crippen molar-refractivity contribution in [1.29, 1.82) is 0 Å². The van der Waals surface area contributed by atoms with Crippen molar-refractivity contribution < 1.29 is 13.2 Å². The molecule has 0 unspecified atom stereocenters. The highest BCUT2D eigenvalue weighted by molar-refractivity contribution is 7.91. The van der Waals surface area contributed by atoms with E-state index < -0.39 is 10.0 Å². The molecular weight excluding hydrogens is 320 g/mol. The second-order valence-corrected chi connectivity index (χ2v) is 8.21. The van der Waals surface area contributed by atoms with Gasteiger partial charge in [0.1, 0.15) is 4.21 Å². The topological polar surface area (TPSA) is 59.5 Å². The van der Waals surface area contributed by atoms with Crippen molar-refractivity contribution in [3.63, 3.8) is 0 Å². The summed E-state index contributed by atoms with van der Waals surface area (Å²) >= 11 is 1.25. The van der Waals surface area contributed by atoms with Crippen molar-refractivity contribution in [2.75, 3.05) is 13.2 Å². The monoisotopic (exact) mass is 338 g/mol. The first-order valence-corrected chi connectivity index (χ1v) is 9.51. The molecule has 0 saturated heterocycles. The Bertz CT molecular complexity index is 742. The third kappa shape index (κ3) is 2.94. The zero-order valence-electron chi connectivity index (χ0n) is 12.4. The molecule has 2 aromatic rings. The molecule has 1 aliphatic rings. The summed E-state index contributed by atoms with van der Waals surface area (Å²) in [6, 6.07) is 3.41. The van der Waals surface area contributed by atoms with E-state index in [2.05, 4.69) is 4.98 Å². The Labute approximate surface area is 134 Å². The number of ether oxygens (including phenoxy) is 1. The van der Waals surface area contributed by atoms with E-state index in [0.717, 1.165) is 11.1 Å². The fourth-order valence-electron chi connectivity index (χ4n) is 2.62. The van der Waals surface area contributed by atoms with Crippen LogP contribution in [-0.2, 0) is 34.3 Å². The van der Waals surface area contributed by atoms with Crippen molar-refractivity contribution in [2.45, 2.75) is 30.7 Å². The minimum Gasteiger partial charge on any atom is -0.377 e. The van der Waals surface area contributed by atoms with E-state index in [4.69, 9.17) is 4.74 Å². The maximum Gasteiger partial charge on any atom is 0.252 e. The van der Waals surface area contributed by atoms with Gasteiger partial charge in [0.05, 0.1) is 6.61 Å². The lowest BCUT2D eigenvalue weighted by Crippen LogP contribution is -2.36. The number of pyridine rings is 1. The van der Waals surface area contributed by atoms with E-state index in [1.165, 1.54) is 21.2 Å². The van der Waals surface area contributed by atoms with Crippen molar-refractivity contribution in [3.8, 4) is 0 Å². The maximum atomic E-state index is 12.6. The smallest absolute Gasteiger partial charge is 0.252 e. The van der Waals surface area contributed by atoms with Crippen molar-refractivity contribution >= 4 is 21.4 Å². The summed E-state index contributed by atoms with van der Waals surface area (Å²) in [5.41, 5.74) is 3.22. The number of rotatable bonds is 5. The van der Waals surface area contributed by atoms with Crippen LogP contribution in [0.15, 0.2) is 34.1 Å². The molecule has 1 aliphatic heterocycles. The van der Waals surface area contributed by atoms with Crippen LogP contribution < -0.4 is 0 Å². The molecule has 5 nitrogen and oxygen atoms in total. The largest absolute Gasteiger partial charge is 0.377 e. The summed E-state index contributed by atoms with van der Waals surface area (Å²) < 4.78 is 32.6. The van der Waals surface area contributed by atoms with Crippen LogP contribution in [0.25, 0.3) is 0 Å². The molecule has 0 atom stereocenters. The molecule has 2 aromatic heterocycles. The lowest BCUT2D eigenvalue weighted by molar-refractivity contribution is 0.133. The van der Waals surface area contributed by atoms with E-state index in [1.54, 1.807) is 23.7 Å². The van der Waals surface area contributed by atoms with Gasteiger partial charge in [-0.2, -0.15) is 4.31 Å². The maximum absolute atomic E-state index is 12.6. The van der Waals surface area contributed by atoms with Crippen LogP contribution in [0.3, 0.4) is 0 Å². The molecule has 0 amide bonds. The number of fused-ring (bicyclic) bond motifs is 1. The van der Waals surface area contributed by atoms with Gasteiger partial charge in [0.2, 0.25) is 0 Å². The number of aromatic nitrogens is 1. The van der Waals surface area contributed by atoms with Gasteiger partial charge in [-0.15, -0.1) is 11.3 Å². The second kappa shape index (κ2) is 6.45. The molecular formula is C15H18N2O3S2. The average molecular weight is 338 g/mol. The van der Waals surface area contributed by atoms with Crippen molar-refractivity contribution in [2.24, 2.45) is 0 Å². The molecule has 118 valence electrons. The van der Waals surface area contributed by atoms with Gasteiger partial charge >= 0.3 is 0 Å². The minimum absolute atomic E-state index is 0.378. The number of hydrogen-bond donors (Lipinski definition) is 0. The Kier molecular flexibility index (Phi) is 4.58. The number of hydrogen-bond acceptors (Lipinski definition) is 5. The summed E-state index contributed by atoms with van der Waals surface area (Å²) in [4.78, 5) is 4.23. The van der Waals surface area contributed by atoms with E-state index in [1.807, 2.05) is 13.1 Å². The summed E-state index contributed by atoms with van der Waals surface area (Å²) in [6.45, 7) is 4.02. The summed E-state index contributed by atoms with van der Waals surface area (Å²) in [7, 11) is -3.40. The van der Waals surface area contributed by atoms with Crippen LogP contribution >= 0.6 is 11.3 Å². The zero-order chi connectivity index (χ0) is 15.6. The third-order valence-corrected chi connectivity index (χ3v) is 6.96. The van der Waals surface area contributed by atoms with Gasteiger partial charge in [0.25, 0.3) is 10.0 Å². The lowest BCUT2D eigenvalue weighted by atomic mass is 9.99. The SMILES string of the molecule is CCOCc1cncc2c1CCN(S(=O)(=O)c1cccs1)C2. The first-order chi connectivity index (χ1) is 10.6. The Balaban J connectivity index is 1.86. The molecule has 0 saturated carbocycles. The number of thiophene rings is 1. The Hall–Kier alpha value is -1.28. The van der Waals surface area contributed by atoms with Crippen LogP contribution in [0.5, 0.6) is 0 Å². The molecule has 22 heavy (non-hydrogen) atoms. The molecule has 3 rings (SSSR count). The fourth-order valence-corrected chi connectivity index (χ4v) is 5.18. The van der Waals surface area contributed by atoms with Gasteiger partial charge in [-0.25, -0.2) is 8.42 Å². The summed E-state index contributed by atoms with van der Waals surface area (Å²) in [6.07, 6.45) is 4.28. The molecule has 7 heteroatoms. The molecule has 0 spiro atoms. The molecule has 0 aromatic carbocycles. The van der Waals surface area contributed by atoms with E-state index in [-0.39, 0.29) is 0 Å². The van der Waals surface area contributed by atoms with E-state index in [0.29, 0.717) is 36.9 Å². The first kappa shape index (κ1) is 15.6. The van der Waals surface area contributed by atoms with E-state index >= 15 is 0 Å². The first-order valence-electron chi connectivity index (χ1n) is 7.19. The third-order valence-electron chi connectivity index (χ3n) is 3.74. The quantitative estimate of drug-likeness (QED) is 0.840. The highest BCUT2D eigenvalue weighted by Crippen LogP contribution is 2.28. The van der Waals surface area contributed by atoms with Gasteiger partial charge in [-0.05, 0) is 41.5 Å². The minimum atomic E-state index is -3.40. The van der Waals surface area contributed by atoms with Gasteiger partial charge in [-0.1, -0.05) is 6.07 Å². The van der Waals surface area contributed by atoms with E-state index in [9.17, 15) is 8.42 Å². The van der Waals surface area contributed by atoms with Gasteiger partial charge < -0.3 is 4.74 Å². The highest BCUT2D eigenvalue weighted by Gasteiger charge is 2.30. The standard InChI is InChI=1S/C15H18N2O3S2/c1-2-20-11-13-9-16-8-12-10-17(6-5-14(12)13)22(18,19)15-4-3-7-21-15/h3-4,7-9H,2,5-6,10-11H2,1H3. The van der Waals surface area contributed by atoms with Crippen LogP contribution in [-0.4, -0.2) is 30.9 Å². The summed E-state index contributed by atoms with van der Waals surface area (Å²) in [5.74, 6) is 0. The van der Waals surface area contributed by atoms with Gasteiger partial charge in [-0.3, -0.25) is 4.98 Å². The highest BCUT2D eigenvalue weighted by atomic mass is 32.2. The molecule has 0 bridgehead atoms. The van der Waals surface area contributed by atoms with Crippen molar-refractivity contribution in [1.82, 2.24) is 9.29 Å². The summed E-state index contributed by atoms with van der Waals surface area (Å²) in [5, 5.41) is 1.78.